The summed E-state index contributed by atoms with van der Waals surface area (Å²) in [5.41, 5.74) is 0.890. The molecule has 0 amide bonds. The van der Waals surface area contributed by atoms with Gasteiger partial charge in [-0.2, -0.15) is 0 Å². The van der Waals surface area contributed by atoms with Gasteiger partial charge in [0.25, 0.3) is 0 Å². The third-order valence-electron chi connectivity index (χ3n) is 3.49. The summed E-state index contributed by atoms with van der Waals surface area (Å²) in [5, 5.41) is 8.81. The number of ether oxygens (including phenoxy) is 2. The minimum absolute atomic E-state index is 0.168. The highest BCUT2D eigenvalue weighted by molar-refractivity contribution is 5.66. The number of carboxylic acid groups (broad SMARTS) is 1. The normalized spacial score (nSPS) is 14.8. The highest BCUT2D eigenvalue weighted by Gasteiger charge is 2.23. The monoisotopic (exact) mass is 264 g/mol. The van der Waals surface area contributed by atoms with Crippen molar-refractivity contribution in [2.24, 2.45) is 0 Å². The van der Waals surface area contributed by atoms with Gasteiger partial charge in [0.15, 0.2) is 11.5 Å². The van der Waals surface area contributed by atoms with Gasteiger partial charge in [0, 0.05) is 12.8 Å². The van der Waals surface area contributed by atoms with Gasteiger partial charge >= 0.3 is 5.97 Å². The number of hydrogen-bond donors (Lipinski definition) is 1. The molecule has 1 aromatic rings. The summed E-state index contributed by atoms with van der Waals surface area (Å²) < 4.78 is 11.3. The van der Waals surface area contributed by atoms with Crippen LogP contribution in [0.2, 0.25) is 0 Å². The van der Waals surface area contributed by atoms with E-state index < -0.39 is 5.97 Å². The molecule has 19 heavy (non-hydrogen) atoms. The lowest BCUT2D eigenvalue weighted by Gasteiger charge is -2.25. The van der Waals surface area contributed by atoms with Crippen LogP contribution in [-0.2, 0) is 10.2 Å². The highest BCUT2D eigenvalue weighted by Crippen LogP contribution is 2.36. The zero-order valence-corrected chi connectivity index (χ0v) is 11.4. The Morgan fingerprint density at radius 1 is 1.26 bits per heavy atom. The van der Waals surface area contributed by atoms with Crippen LogP contribution in [0.25, 0.3) is 0 Å². The smallest absolute Gasteiger partial charge is 0.303 e. The van der Waals surface area contributed by atoms with Gasteiger partial charge in [-0.3, -0.25) is 4.79 Å². The summed E-state index contributed by atoms with van der Waals surface area (Å²) in [7, 11) is 0. The SMILES string of the molecule is CC(C)(CCC(=O)O)c1ccc2c(c1)OCCCO2. The van der Waals surface area contributed by atoms with Gasteiger partial charge in [0.2, 0.25) is 0 Å². The van der Waals surface area contributed by atoms with Gasteiger partial charge in [-0.1, -0.05) is 19.9 Å². The first kappa shape index (κ1) is 13.7. The molecule has 4 heteroatoms. The Labute approximate surface area is 113 Å². The molecule has 0 fully saturated rings. The van der Waals surface area contributed by atoms with E-state index in [9.17, 15) is 4.79 Å². The number of fused-ring (bicyclic) bond motifs is 1. The molecule has 0 spiro atoms. The zero-order valence-electron chi connectivity index (χ0n) is 11.4. The van der Waals surface area contributed by atoms with E-state index in [2.05, 4.69) is 13.8 Å². The molecule has 104 valence electrons. The van der Waals surface area contributed by atoms with Crippen molar-refractivity contribution in [1.82, 2.24) is 0 Å². The van der Waals surface area contributed by atoms with Crippen LogP contribution in [-0.4, -0.2) is 24.3 Å². The fraction of sp³-hybridized carbons (Fsp3) is 0.533. The van der Waals surface area contributed by atoms with Gasteiger partial charge in [-0.25, -0.2) is 0 Å². The summed E-state index contributed by atoms with van der Waals surface area (Å²) >= 11 is 0. The molecule has 1 aliphatic rings. The van der Waals surface area contributed by atoms with E-state index in [4.69, 9.17) is 14.6 Å². The highest BCUT2D eigenvalue weighted by atomic mass is 16.5. The Bertz CT molecular complexity index is 465. The molecule has 0 unspecified atom stereocenters. The largest absolute Gasteiger partial charge is 0.490 e. The zero-order chi connectivity index (χ0) is 13.9. The summed E-state index contributed by atoms with van der Waals surface area (Å²) in [5.74, 6) is 0.774. The van der Waals surface area contributed by atoms with E-state index in [0.29, 0.717) is 19.6 Å². The van der Waals surface area contributed by atoms with Gasteiger partial charge < -0.3 is 14.6 Å². The number of carboxylic acids is 1. The van der Waals surface area contributed by atoms with Crippen LogP contribution in [0.15, 0.2) is 18.2 Å². The number of aliphatic carboxylic acids is 1. The molecule has 0 saturated carbocycles. The van der Waals surface area contributed by atoms with E-state index >= 15 is 0 Å². The second-order valence-corrected chi connectivity index (χ2v) is 5.49. The first-order chi connectivity index (χ1) is 8.99. The van der Waals surface area contributed by atoms with Crippen molar-refractivity contribution in [2.75, 3.05) is 13.2 Å². The molecule has 1 heterocycles. The fourth-order valence-electron chi connectivity index (χ4n) is 2.15. The average molecular weight is 264 g/mol. The Balaban J connectivity index is 2.20. The lowest BCUT2D eigenvalue weighted by molar-refractivity contribution is -0.137. The molecule has 2 rings (SSSR count). The third kappa shape index (κ3) is 3.40. The number of hydrogen-bond acceptors (Lipinski definition) is 3. The molecule has 1 aliphatic heterocycles. The third-order valence-corrected chi connectivity index (χ3v) is 3.49. The van der Waals surface area contributed by atoms with Crippen LogP contribution in [0.3, 0.4) is 0 Å². The van der Waals surface area contributed by atoms with Crippen molar-refractivity contribution in [2.45, 2.75) is 38.5 Å². The van der Waals surface area contributed by atoms with Crippen molar-refractivity contribution in [3.8, 4) is 11.5 Å². The van der Waals surface area contributed by atoms with Crippen molar-refractivity contribution in [3.05, 3.63) is 23.8 Å². The van der Waals surface area contributed by atoms with Crippen molar-refractivity contribution in [1.29, 1.82) is 0 Å². The van der Waals surface area contributed by atoms with Crippen LogP contribution >= 0.6 is 0 Å². The quantitative estimate of drug-likeness (QED) is 0.908. The van der Waals surface area contributed by atoms with Gasteiger partial charge in [0.05, 0.1) is 13.2 Å². The van der Waals surface area contributed by atoms with E-state index in [0.717, 1.165) is 23.5 Å². The molecule has 0 atom stereocenters. The summed E-state index contributed by atoms with van der Waals surface area (Å²) in [4.78, 5) is 10.7. The van der Waals surface area contributed by atoms with Gasteiger partial charge in [-0.05, 0) is 29.5 Å². The van der Waals surface area contributed by atoms with Gasteiger partial charge in [0.1, 0.15) is 0 Å². The molecule has 0 bridgehead atoms. The Morgan fingerprint density at radius 3 is 2.63 bits per heavy atom. The number of benzene rings is 1. The lowest BCUT2D eigenvalue weighted by Crippen LogP contribution is -2.18. The summed E-state index contributed by atoms with van der Waals surface area (Å²) in [6.07, 6.45) is 1.65. The van der Waals surface area contributed by atoms with Crippen LogP contribution in [0.4, 0.5) is 0 Å². The Morgan fingerprint density at radius 2 is 1.95 bits per heavy atom. The maximum Gasteiger partial charge on any atom is 0.303 e. The van der Waals surface area contributed by atoms with Crippen LogP contribution < -0.4 is 9.47 Å². The van der Waals surface area contributed by atoms with Crippen molar-refractivity contribution < 1.29 is 19.4 Å². The maximum atomic E-state index is 10.7. The summed E-state index contributed by atoms with van der Waals surface area (Å²) in [6, 6.07) is 5.89. The molecule has 0 radical (unpaired) electrons. The fourth-order valence-corrected chi connectivity index (χ4v) is 2.15. The first-order valence-electron chi connectivity index (χ1n) is 6.61. The van der Waals surface area contributed by atoms with E-state index in [-0.39, 0.29) is 11.8 Å². The van der Waals surface area contributed by atoms with Crippen LogP contribution in [0.1, 0.15) is 38.7 Å². The molecule has 0 saturated heterocycles. The topological polar surface area (TPSA) is 55.8 Å². The number of rotatable bonds is 4. The molecule has 1 aromatic carbocycles. The number of carbonyl (C=O) groups is 1. The lowest BCUT2D eigenvalue weighted by atomic mass is 9.80. The van der Waals surface area contributed by atoms with Crippen molar-refractivity contribution >= 4 is 5.97 Å². The molecule has 1 N–H and O–H groups in total. The molecular weight excluding hydrogens is 244 g/mol. The van der Waals surface area contributed by atoms with Crippen LogP contribution in [0.5, 0.6) is 11.5 Å². The van der Waals surface area contributed by atoms with Crippen LogP contribution in [0, 0.1) is 0 Å². The van der Waals surface area contributed by atoms with Crippen molar-refractivity contribution in [3.63, 3.8) is 0 Å². The molecule has 0 aliphatic carbocycles. The van der Waals surface area contributed by atoms with Gasteiger partial charge in [-0.15, -0.1) is 0 Å². The minimum Gasteiger partial charge on any atom is -0.490 e. The Hall–Kier alpha value is -1.71. The second kappa shape index (κ2) is 5.51. The van der Waals surface area contributed by atoms with E-state index in [1.54, 1.807) is 0 Å². The van der Waals surface area contributed by atoms with E-state index in [1.807, 2.05) is 18.2 Å². The second-order valence-electron chi connectivity index (χ2n) is 5.49. The Kier molecular flexibility index (Phi) is 3.98. The summed E-state index contributed by atoms with van der Waals surface area (Å²) in [6.45, 7) is 5.44. The standard InChI is InChI=1S/C15H20O4/c1-15(2,7-6-14(16)17)11-4-5-12-13(10-11)19-9-3-8-18-12/h4-5,10H,3,6-9H2,1-2H3,(H,16,17). The minimum atomic E-state index is -0.762. The molecule has 4 nitrogen and oxygen atoms in total. The molecule has 0 aromatic heterocycles. The average Bonchev–Trinajstić information content (AvgIpc) is 2.60. The first-order valence-corrected chi connectivity index (χ1v) is 6.61. The molecular formula is C15H20O4. The maximum absolute atomic E-state index is 10.7. The predicted molar refractivity (Wildman–Crippen MR) is 71.9 cm³/mol. The van der Waals surface area contributed by atoms with E-state index in [1.165, 1.54) is 0 Å². The predicted octanol–water partition coefficient (Wildman–Crippen LogP) is 2.99.